The largest absolute Gasteiger partial charge is 0.459 e. The molecule has 1 aliphatic heterocycles. The van der Waals surface area contributed by atoms with E-state index in [9.17, 15) is 18.0 Å². The molecule has 226 valence electrons. The lowest BCUT2D eigenvalue weighted by Crippen LogP contribution is -2.50. The first-order chi connectivity index (χ1) is 20.5. The summed E-state index contributed by atoms with van der Waals surface area (Å²) in [4.78, 5) is 38.4. The molecule has 2 heterocycles. The molecule has 12 heteroatoms. The molecule has 0 radical (unpaired) electrons. The zero-order valence-corrected chi connectivity index (χ0v) is 25.2. The predicted octanol–water partition coefficient (Wildman–Crippen LogP) is 3.31. The number of nitrogens with one attached hydrogen (secondary N) is 3. The number of para-hydroxylation sites is 2. The van der Waals surface area contributed by atoms with Gasteiger partial charge in [0.15, 0.2) is 0 Å². The summed E-state index contributed by atoms with van der Waals surface area (Å²) >= 11 is 0. The third kappa shape index (κ3) is 7.51. The minimum Gasteiger partial charge on any atom is -0.459 e. The van der Waals surface area contributed by atoms with Crippen LogP contribution in [-0.4, -0.2) is 74.6 Å². The van der Waals surface area contributed by atoms with E-state index >= 15 is 0 Å². The van der Waals surface area contributed by atoms with E-state index in [4.69, 9.17) is 9.72 Å². The molecule has 1 aliphatic rings. The lowest BCUT2D eigenvalue weighted by molar-refractivity contribution is -0.156. The second-order valence-electron chi connectivity index (χ2n) is 11.3. The Labute approximate surface area is 251 Å². The van der Waals surface area contributed by atoms with Crippen LogP contribution in [0.15, 0.2) is 83.8 Å². The molecule has 3 N–H and O–H groups in total. The SMILES string of the molecule is CC(C)(C)OC(=O)[C@H](CNC(=O)c1ccc(N2CCN(c3nc4ccccc4[nH]3)CC2)cc1)NS(=O)(=O)c1ccccc1. The number of fused-ring (bicyclic) bond motifs is 1. The van der Waals surface area contributed by atoms with Crippen LogP contribution in [0.4, 0.5) is 11.6 Å². The number of amides is 1. The minimum absolute atomic E-state index is 0.00361. The van der Waals surface area contributed by atoms with Crippen molar-refractivity contribution < 1.29 is 22.7 Å². The zero-order valence-electron chi connectivity index (χ0n) is 24.4. The van der Waals surface area contributed by atoms with Gasteiger partial charge in [-0.15, -0.1) is 0 Å². The van der Waals surface area contributed by atoms with Gasteiger partial charge in [-0.05, 0) is 69.3 Å². The van der Waals surface area contributed by atoms with Crippen LogP contribution in [0, 0.1) is 0 Å². The third-order valence-corrected chi connectivity index (χ3v) is 8.45. The smallest absolute Gasteiger partial charge is 0.326 e. The maximum absolute atomic E-state index is 13.0. The van der Waals surface area contributed by atoms with E-state index in [1.54, 1.807) is 51.1 Å². The molecular formula is C31H36N6O5S. The summed E-state index contributed by atoms with van der Waals surface area (Å²) in [5, 5.41) is 2.68. The highest BCUT2D eigenvalue weighted by atomic mass is 32.2. The van der Waals surface area contributed by atoms with Gasteiger partial charge in [0, 0.05) is 44.0 Å². The Bertz CT molecular complexity index is 1640. The number of rotatable bonds is 9. The number of anilines is 2. The number of imidazole rings is 1. The van der Waals surface area contributed by atoms with Crippen LogP contribution in [0.3, 0.4) is 0 Å². The highest BCUT2D eigenvalue weighted by Crippen LogP contribution is 2.22. The van der Waals surface area contributed by atoms with Gasteiger partial charge >= 0.3 is 5.97 Å². The highest BCUT2D eigenvalue weighted by molar-refractivity contribution is 7.89. The molecule has 1 aromatic heterocycles. The molecule has 0 aliphatic carbocycles. The van der Waals surface area contributed by atoms with Gasteiger partial charge in [-0.25, -0.2) is 13.4 Å². The Kier molecular flexibility index (Phi) is 8.69. The van der Waals surface area contributed by atoms with Gasteiger partial charge in [-0.2, -0.15) is 4.72 Å². The quantitative estimate of drug-likeness (QED) is 0.248. The second-order valence-corrected chi connectivity index (χ2v) is 13.0. The average molecular weight is 605 g/mol. The molecule has 1 saturated heterocycles. The molecule has 11 nitrogen and oxygen atoms in total. The number of piperazine rings is 1. The Morgan fingerprint density at radius 2 is 1.53 bits per heavy atom. The van der Waals surface area contributed by atoms with Gasteiger partial charge in [0.25, 0.3) is 5.91 Å². The Balaban J connectivity index is 1.19. The summed E-state index contributed by atoms with van der Waals surface area (Å²) in [5.41, 5.74) is 2.49. The van der Waals surface area contributed by atoms with Crippen molar-refractivity contribution in [2.75, 3.05) is 42.5 Å². The molecular weight excluding hydrogens is 568 g/mol. The molecule has 1 atom stereocenters. The number of hydrogen-bond donors (Lipinski definition) is 3. The Morgan fingerprint density at radius 1 is 0.907 bits per heavy atom. The van der Waals surface area contributed by atoms with Crippen LogP contribution in [0.25, 0.3) is 11.0 Å². The number of sulfonamides is 1. The summed E-state index contributed by atoms with van der Waals surface area (Å²) in [7, 11) is -4.04. The highest BCUT2D eigenvalue weighted by Gasteiger charge is 2.30. The van der Waals surface area contributed by atoms with Gasteiger partial charge < -0.3 is 24.8 Å². The maximum atomic E-state index is 13.0. The summed E-state index contributed by atoms with van der Waals surface area (Å²) in [6, 6.07) is 21.6. The third-order valence-electron chi connectivity index (χ3n) is 6.96. The van der Waals surface area contributed by atoms with E-state index in [0.717, 1.165) is 48.8 Å². The monoisotopic (exact) mass is 604 g/mol. The van der Waals surface area contributed by atoms with Crippen molar-refractivity contribution in [2.24, 2.45) is 0 Å². The fourth-order valence-electron chi connectivity index (χ4n) is 4.79. The van der Waals surface area contributed by atoms with Crippen molar-refractivity contribution in [1.82, 2.24) is 20.0 Å². The first kappa shape index (κ1) is 30.1. The van der Waals surface area contributed by atoms with Crippen LogP contribution in [0.2, 0.25) is 0 Å². The normalized spacial score (nSPS) is 14.9. The molecule has 0 spiro atoms. The van der Waals surface area contributed by atoms with Gasteiger partial charge in [0.1, 0.15) is 11.6 Å². The van der Waals surface area contributed by atoms with Gasteiger partial charge in [0.05, 0.1) is 15.9 Å². The van der Waals surface area contributed by atoms with Crippen molar-refractivity contribution in [3.63, 3.8) is 0 Å². The maximum Gasteiger partial charge on any atom is 0.326 e. The second kappa shape index (κ2) is 12.4. The van der Waals surface area contributed by atoms with E-state index in [1.165, 1.54) is 12.1 Å². The number of carbonyl (C=O) groups excluding carboxylic acids is 2. The predicted molar refractivity (Wildman–Crippen MR) is 166 cm³/mol. The van der Waals surface area contributed by atoms with Gasteiger partial charge in [0.2, 0.25) is 16.0 Å². The molecule has 1 amide bonds. The first-order valence-electron chi connectivity index (χ1n) is 14.1. The van der Waals surface area contributed by atoms with Gasteiger partial charge in [-0.3, -0.25) is 9.59 Å². The molecule has 1 fully saturated rings. The first-order valence-corrected chi connectivity index (χ1v) is 15.6. The number of hydrogen-bond acceptors (Lipinski definition) is 8. The Hall–Kier alpha value is -4.42. The number of carbonyl (C=O) groups is 2. The fourth-order valence-corrected chi connectivity index (χ4v) is 5.99. The standard InChI is InChI=1S/C31H36N6O5S/c1-31(2,3)42-29(39)27(35-43(40,41)24-9-5-4-6-10-24)21-32-28(38)22-13-15-23(16-14-22)36-17-19-37(20-18-36)30-33-25-11-7-8-12-26(25)34-30/h4-16,27,35H,17-21H2,1-3H3,(H,32,38)(H,33,34)/t27-/m0/s1. The van der Waals surface area contributed by atoms with Crippen LogP contribution < -0.4 is 19.8 Å². The van der Waals surface area contributed by atoms with Crippen molar-refractivity contribution in [3.05, 3.63) is 84.4 Å². The summed E-state index contributed by atoms with van der Waals surface area (Å²) in [6.07, 6.45) is 0. The van der Waals surface area contributed by atoms with Crippen molar-refractivity contribution in [2.45, 2.75) is 37.3 Å². The summed E-state index contributed by atoms with van der Waals surface area (Å²) in [6.45, 7) is 7.96. The molecule has 0 saturated carbocycles. The number of benzene rings is 3. The number of nitrogens with zero attached hydrogens (tertiary/aromatic N) is 3. The van der Waals surface area contributed by atoms with E-state index in [1.807, 2.05) is 36.4 Å². The van der Waals surface area contributed by atoms with E-state index in [0.29, 0.717) is 5.56 Å². The molecule has 5 rings (SSSR count). The van der Waals surface area contributed by atoms with E-state index < -0.39 is 33.5 Å². The fraction of sp³-hybridized carbons (Fsp3) is 0.323. The number of H-pyrrole nitrogens is 1. The topological polar surface area (TPSA) is 137 Å². The summed E-state index contributed by atoms with van der Waals surface area (Å²) < 4.78 is 33.6. The van der Waals surface area contributed by atoms with Crippen molar-refractivity contribution >= 4 is 44.6 Å². The average Bonchev–Trinajstić information content (AvgIpc) is 3.43. The van der Waals surface area contributed by atoms with Gasteiger partial charge in [-0.1, -0.05) is 30.3 Å². The lowest BCUT2D eigenvalue weighted by atomic mass is 10.1. The summed E-state index contributed by atoms with van der Waals surface area (Å²) in [5.74, 6) is -0.359. The van der Waals surface area contributed by atoms with Crippen LogP contribution in [0.5, 0.6) is 0 Å². The molecule has 4 aromatic rings. The van der Waals surface area contributed by atoms with Crippen LogP contribution in [-0.2, 0) is 19.6 Å². The van der Waals surface area contributed by atoms with E-state index in [-0.39, 0.29) is 11.4 Å². The number of aromatic nitrogens is 2. The molecule has 0 bridgehead atoms. The molecule has 3 aromatic carbocycles. The minimum atomic E-state index is -4.04. The number of ether oxygens (including phenoxy) is 1. The van der Waals surface area contributed by atoms with Crippen LogP contribution in [0.1, 0.15) is 31.1 Å². The number of aromatic amines is 1. The molecule has 0 unspecified atom stereocenters. The van der Waals surface area contributed by atoms with Crippen molar-refractivity contribution in [1.29, 1.82) is 0 Å². The molecule has 43 heavy (non-hydrogen) atoms. The van der Waals surface area contributed by atoms with E-state index in [2.05, 4.69) is 24.8 Å². The lowest BCUT2D eigenvalue weighted by Gasteiger charge is -2.36. The zero-order chi connectivity index (χ0) is 30.6. The van der Waals surface area contributed by atoms with Crippen LogP contribution >= 0.6 is 0 Å². The Morgan fingerprint density at radius 3 is 2.19 bits per heavy atom. The van der Waals surface area contributed by atoms with Crippen molar-refractivity contribution in [3.8, 4) is 0 Å². The number of esters is 1.